The van der Waals surface area contributed by atoms with Gasteiger partial charge in [0.1, 0.15) is 0 Å². The first kappa shape index (κ1) is 20.5. The molecule has 0 saturated carbocycles. The van der Waals surface area contributed by atoms with Gasteiger partial charge in [-0.1, -0.05) is 133 Å². The molecule has 1 heteroatoms. The Hall–Kier alpha value is -4.36. The molecular formula is C32H25N. The lowest BCUT2D eigenvalue weighted by Gasteiger charge is -2.17. The maximum absolute atomic E-state index is 6.54. The van der Waals surface area contributed by atoms with E-state index in [-0.39, 0.29) is 0 Å². The van der Waals surface area contributed by atoms with Gasteiger partial charge in [0.15, 0.2) is 0 Å². The summed E-state index contributed by atoms with van der Waals surface area (Å²) in [6.07, 6.45) is 4.41. The number of benzene rings is 5. The lowest BCUT2D eigenvalue weighted by molar-refractivity contribution is 1.55. The third-order valence-corrected chi connectivity index (χ3v) is 5.88. The molecule has 0 aliphatic heterocycles. The van der Waals surface area contributed by atoms with E-state index in [0.717, 1.165) is 33.5 Å². The van der Waals surface area contributed by atoms with Gasteiger partial charge in [0, 0.05) is 11.3 Å². The minimum absolute atomic E-state index is 0.780. The van der Waals surface area contributed by atoms with E-state index >= 15 is 0 Å². The van der Waals surface area contributed by atoms with Gasteiger partial charge in [0.25, 0.3) is 0 Å². The Balaban J connectivity index is 1.67. The van der Waals surface area contributed by atoms with Crippen molar-refractivity contribution in [3.8, 4) is 33.4 Å². The van der Waals surface area contributed by atoms with E-state index in [1.165, 1.54) is 16.7 Å². The highest BCUT2D eigenvalue weighted by molar-refractivity contribution is 5.97. The number of nitrogen functional groups attached to an aromatic ring is 1. The van der Waals surface area contributed by atoms with E-state index < -0.39 is 0 Å². The fourth-order valence-electron chi connectivity index (χ4n) is 4.31. The molecule has 1 nitrogen and oxygen atoms in total. The molecule has 33 heavy (non-hydrogen) atoms. The van der Waals surface area contributed by atoms with Gasteiger partial charge in [0.2, 0.25) is 0 Å². The third kappa shape index (κ3) is 4.35. The van der Waals surface area contributed by atoms with E-state index in [1.54, 1.807) is 0 Å². The monoisotopic (exact) mass is 423 g/mol. The molecular weight excluding hydrogens is 398 g/mol. The Kier molecular flexibility index (Phi) is 5.86. The maximum atomic E-state index is 6.54. The molecule has 0 aliphatic rings. The van der Waals surface area contributed by atoms with Gasteiger partial charge in [0.05, 0.1) is 0 Å². The van der Waals surface area contributed by atoms with Crippen LogP contribution in [0.3, 0.4) is 0 Å². The zero-order valence-corrected chi connectivity index (χ0v) is 18.4. The summed E-state index contributed by atoms with van der Waals surface area (Å²) in [6, 6.07) is 44.0. The fourth-order valence-corrected chi connectivity index (χ4v) is 4.31. The molecule has 0 heterocycles. The van der Waals surface area contributed by atoms with Crippen molar-refractivity contribution in [3.63, 3.8) is 0 Å². The highest BCUT2D eigenvalue weighted by Gasteiger charge is 2.14. The summed E-state index contributed by atoms with van der Waals surface area (Å²) in [7, 11) is 0. The zero-order chi connectivity index (χ0) is 22.5. The van der Waals surface area contributed by atoms with Crippen LogP contribution in [0, 0.1) is 0 Å². The van der Waals surface area contributed by atoms with Crippen LogP contribution < -0.4 is 5.73 Å². The Morgan fingerprint density at radius 2 is 0.879 bits per heavy atom. The smallest absolute Gasteiger partial charge is 0.0400 e. The Morgan fingerprint density at radius 3 is 1.52 bits per heavy atom. The number of nitrogens with two attached hydrogens (primary N) is 1. The summed E-state index contributed by atoms with van der Waals surface area (Å²) in [6.45, 7) is 0. The molecule has 5 aromatic carbocycles. The largest absolute Gasteiger partial charge is 0.398 e. The normalized spacial score (nSPS) is 11.0. The SMILES string of the molecule is Nc1ccc(C=Cc2ccccc2-c2ccccc2)c(-c2ccccc2)c1-c1ccccc1. The van der Waals surface area contributed by atoms with Gasteiger partial charge >= 0.3 is 0 Å². The molecule has 0 unspecified atom stereocenters. The summed E-state index contributed by atoms with van der Waals surface area (Å²) in [5, 5.41) is 0. The summed E-state index contributed by atoms with van der Waals surface area (Å²) in [4.78, 5) is 0. The molecule has 5 aromatic rings. The van der Waals surface area contributed by atoms with Crippen LogP contribution in [0.25, 0.3) is 45.5 Å². The summed E-state index contributed by atoms with van der Waals surface area (Å²) in [5.74, 6) is 0. The van der Waals surface area contributed by atoms with E-state index in [2.05, 4.69) is 115 Å². The second kappa shape index (κ2) is 9.42. The van der Waals surface area contributed by atoms with E-state index in [4.69, 9.17) is 5.73 Å². The number of hydrogen-bond donors (Lipinski definition) is 1. The van der Waals surface area contributed by atoms with Crippen LogP contribution in [0.4, 0.5) is 5.69 Å². The molecule has 0 amide bonds. The van der Waals surface area contributed by atoms with Gasteiger partial charge in [-0.15, -0.1) is 0 Å². The van der Waals surface area contributed by atoms with E-state index in [1.807, 2.05) is 24.3 Å². The van der Waals surface area contributed by atoms with Crippen LogP contribution in [-0.4, -0.2) is 0 Å². The number of rotatable bonds is 5. The molecule has 0 aliphatic carbocycles. The molecule has 0 spiro atoms. The average molecular weight is 424 g/mol. The lowest BCUT2D eigenvalue weighted by atomic mass is 9.88. The molecule has 0 aromatic heterocycles. The second-order valence-corrected chi connectivity index (χ2v) is 8.01. The zero-order valence-electron chi connectivity index (χ0n) is 18.4. The van der Waals surface area contributed by atoms with E-state index in [9.17, 15) is 0 Å². The van der Waals surface area contributed by atoms with Gasteiger partial charge in [-0.25, -0.2) is 0 Å². The quantitative estimate of drug-likeness (QED) is 0.223. The van der Waals surface area contributed by atoms with Crippen molar-refractivity contribution >= 4 is 17.8 Å². The molecule has 2 N–H and O–H groups in total. The average Bonchev–Trinajstić information content (AvgIpc) is 2.89. The first-order valence-corrected chi connectivity index (χ1v) is 11.2. The van der Waals surface area contributed by atoms with Crippen LogP contribution in [0.1, 0.15) is 11.1 Å². The molecule has 0 radical (unpaired) electrons. The topological polar surface area (TPSA) is 26.0 Å². The first-order valence-electron chi connectivity index (χ1n) is 11.2. The lowest BCUT2D eigenvalue weighted by Crippen LogP contribution is -1.96. The van der Waals surface area contributed by atoms with Crippen LogP contribution in [-0.2, 0) is 0 Å². The second-order valence-electron chi connectivity index (χ2n) is 8.01. The maximum Gasteiger partial charge on any atom is 0.0400 e. The van der Waals surface area contributed by atoms with Crippen molar-refractivity contribution in [1.82, 2.24) is 0 Å². The summed E-state index contributed by atoms with van der Waals surface area (Å²) >= 11 is 0. The molecule has 0 atom stereocenters. The highest BCUT2D eigenvalue weighted by Crippen LogP contribution is 2.40. The Morgan fingerprint density at radius 1 is 0.394 bits per heavy atom. The predicted octanol–water partition coefficient (Wildman–Crippen LogP) is 8.44. The highest BCUT2D eigenvalue weighted by atomic mass is 14.6. The van der Waals surface area contributed by atoms with Crippen LogP contribution in [0.2, 0.25) is 0 Å². The van der Waals surface area contributed by atoms with Crippen molar-refractivity contribution < 1.29 is 0 Å². The predicted molar refractivity (Wildman–Crippen MR) is 143 cm³/mol. The van der Waals surface area contributed by atoms with Crippen molar-refractivity contribution in [1.29, 1.82) is 0 Å². The summed E-state index contributed by atoms with van der Waals surface area (Å²) in [5.41, 5.74) is 16.6. The van der Waals surface area contributed by atoms with E-state index in [0.29, 0.717) is 0 Å². The van der Waals surface area contributed by atoms with Gasteiger partial charge in [-0.05, 0) is 45.0 Å². The molecule has 0 fully saturated rings. The minimum atomic E-state index is 0.780. The molecule has 0 bridgehead atoms. The van der Waals surface area contributed by atoms with Gasteiger partial charge < -0.3 is 5.73 Å². The molecule has 158 valence electrons. The van der Waals surface area contributed by atoms with Crippen molar-refractivity contribution in [2.24, 2.45) is 0 Å². The minimum Gasteiger partial charge on any atom is -0.398 e. The Bertz CT molecular complexity index is 1390. The van der Waals surface area contributed by atoms with Crippen LogP contribution in [0.15, 0.2) is 127 Å². The van der Waals surface area contributed by atoms with Crippen LogP contribution >= 0.6 is 0 Å². The number of hydrogen-bond acceptors (Lipinski definition) is 1. The van der Waals surface area contributed by atoms with Crippen molar-refractivity contribution in [3.05, 3.63) is 139 Å². The van der Waals surface area contributed by atoms with Crippen molar-refractivity contribution in [2.75, 3.05) is 5.73 Å². The third-order valence-electron chi connectivity index (χ3n) is 5.88. The first-order chi connectivity index (χ1) is 16.3. The standard InChI is InChI=1S/C32H25N/c33-30-23-22-28(21-20-25-14-10-11-19-29(25)24-12-4-1-5-13-24)31(26-15-6-2-7-16-26)32(30)27-17-8-3-9-18-27/h1-23H,33H2. The van der Waals surface area contributed by atoms with Gasteiger partial charge in [-0.2, -0.15) is 0 Å². The molecule has 0 saturated heterocycles. The van der Waals surface area contributed by atoms with Crippen LogP contribution in [0.5, 0.6) is 0 Å². The Labute approximate surface area is 195 Å². The molecule has 5 rings (SSSR count). The summed E-state index contributed by atoms with van der Waals surface area (Å²) < 4.78 is 0. The van der Waals surface area contributed by atoms with Gasteiger partial charge in [-0.3, -0.25) is 0 Å². The number of anilines is 1. The van der Waals surface area contributed by atoms with Crippen molar-refractivity contribution in [2.45, 2.75) is 0 Å². The fraction of sp³-hybridized carbons (Fsp3) is 0.